The zero-order chi connectivity index (χ0) is 10.2. The molecule has 2 nitrogen and oxygen atoms in total. The van der Waals surface area contributed by atoms with Crippen LogP contribution in [0.1, 0.15) is 25.8 Å². The van der Waals surface area contributed by atoms with Crippen LogP contribution in [0.3, 0.4) is 0 Å². The molecule has 0 unspecified atom stereocenters. The molecule has 14 heavy (non-hydrogen) atoms. The number of anilines is 1. The van der Waals surface area contributed by atoms with Gasteiger partial charge in [0.25, 0.3) is 0 Å². The van der Waals surface area contributed by atoms with Crippen molar-refractivity contribution in [1.82, 2.24) is 4.98 Å². The van der Waals surface area contributed by atoms with Gasteiger partial charge in [-0.1, -0.05) is 6.92 Å². The van der Waals surface area contributed by atoms with Gasteiger partial charge in [-0.05, 0) is 36.8 Å². The molecule has 1 N–H and O–H groups in total. The third-order valence-electron chi connectivity index (χ3n) is 1.80. The minimum atomic E-state index is 0.929. The number of hydrogen-bond donors (Lipinski definition) is 1. The minimum Gasteiger partial charge on any atom is -0.370 e. The lowest BCUT2D eigenvalue weighted by atomic mass is 10.3. The van der Waals surface area contributed by atoms with E-state index in [-0.39, 0.29) is 0 Å². The van der Waals surface area contributed by atoms with Gasteiger partial charge in [-0.25, -0.2) is 4.98 Å². The van der Waals surface area contributed by atoms with E-state index in [0.717, 1.165) is 18.1 Å². The van der Waals surface area contributed by atoms with Gasteiger partial charge in [0, 0.05) is 18.5 Å². The molecule has 0 aliphatic rings. The smallest absolute Gasteiger partial charge is 0.126 e. The van der Waals surface area contributed by atoms with Crippen LogP contribution in [0.15, 0.2) is 18.3 Å². The molecule has 78 valence electrons. The molecule has 0 saturated carbocycles. The van der Waals surface area contributed by atoms with Crippen molar-refractivity contribution in [2.24, 2.45) is 0 Å². The summed E-state index contributed by atoms with van der Waals surface area (Å²) in [6, 6.07) is 4.22. The normalized spacial score (nSPS) is 10.1. The fourth-order valence-corrected chi connectivity index (χ4v) is 2.02. The van der Waals surface area contributed by atoms with E-state index in [9.17, 15) is 0 Å². The fourth-order valence-electron chi connectivity index (χ4n) is 1.18. The predicted octanol–water partition coefficient (Wildman–Crippen LogP) is 3.16. The highest BCUT2D eigenvalue weighted by atomic mass is 32.2. The molecule has 1 aromatic heterocycles. The maximum absolute atomic E-state index is 4.24. The Morgan fingerprint density at radius 3 is 3.00 bits per heavy atom. The quantitative estimate of drug-likeness (QED) is 0.730. The monoisotopic (exact) mass is 210 g/mol. The van der Waals surface area contributed by atoms with Gasteiger partial charge >= 0.3 is 0 Å². The minimum absolute atomic E-state index is 0.929. The van der Waals surface area contributed by atoms with Crippen LogP contribution in [-0.4, -0.2) is 17.3 Å². The van der Waals surface area contributed by atoms with E-state index in [1.165, 1.54) is 17.7 Å². The molecular weight excluding hydrogens is 192 g/mol. The molecule has 0 aliphatic carbocycles. The first-order valence-electron chi connectivity index (χ1n) is 5.13. The van der Waals surface area contributed by atoms with Crippen molar-refractivity contribution in [2.75, 3.05) is 17.6 Å². The third kappa shape index (κ3) is 4.01. The van der Waals surface area contributed by atoms with E-state index in [4.69, 9.17) is 0 Å². The lowest BCUT2D eigenvalue weighted by molar-refractivity contribution is 1.10. The number of pyridine rings is 1. The van der Waals surface area contributed by atoms with Crippen molar-refractivity contribution >= 4 is 17.6 Å². The second-order valence-corrected chi connectivity index (χ2v) is 4.24. The Morgan fingerprint density at radius 2 is 2.29 bits per heavy atom. The number of rotatable bonds is 6. The highest BCUT2D eigenvalue weighted by Gasteiger charge is 1.96. The summed E-state index contributed by atoms with van der Waals surface area (Å²) in [5.41, 5.74) is 1.36. The number of aromatic nitrogens is 1. The molecular formula is C11H18N2S. The van der Waals surface area contributed by atoms with E-state index in [1.807, 2.05) is 18.0 Å². The Bertz CT molecular complexity index is 263. The van der Waals surface area contributed by atoms with Gasteiger partial charge in [-0.2, -0.15) is 11.8 Å². The van der Waals surface area contributed by atoms with Crippen LogP contribution in [0.2, 0.25) is 0 Å². The van der Waals surface area contributed by atoms with Gasteiger partial charge in [0.1, 0.15) is 5.82 Å². The van der Waals surface area contributed by atoms with Crippen LogP contribution in [0.5, 0.6) is 0 Å². The Balaban J connectivity index is 2.46. The molecule has 0 amide bonds. The first kappa shape index (κ1) is 11.4. The van der Waals surface area contributed by atoms with E-state index in [2.05, 4.69) is 36.3 Å². The van der Waals surface area contributed by atoms with E-state index in [0.29, 0.717) is 0 Å². The van der Waals surface area contributed by atoms with Crippen molar-refractivity contribution in [3.05, 3.63) is 23.9 Å². The summed E-state index contributed by atoms with van der Waals surface area (Å²) in [5.74, 6) is 3.32. The van der Waals surface area contributed by atoms with Crippen molar-refractivity contribution in [1.29, 1.82) is 0 Å². The Labute approximate surface area is 90.5 Å². The molecule has 0 aliphatic heterocycles. The average Bonchev–Trinajstić information content (AvgIpc) is 2.19. The van der Waals surface area contributed by atoms with E-state index < -0.39 is 0 Å². The molecule has 0 spiro atoms. The van der Waals surface area contributed by atoms with Gasteiger partial charge in [0.15, 0.2) is 0 Å². The summed E-state index contributed by atoms with van der Waals surface area (Å²) in [6.07, 6.45) is 3.12. The predicted molar refractivity (Wildman–Crippen MR) is 64.9 cm³/mol. The summed E-state index contributed by atoms with van der Waals surface area (Å²) >= 11 is 1.98. The largest absolute Gasteiger partial charge is 0.370 e. The zero-order valence-corrected chi connectivity index (χ0v) is 9.73. The summed E-state index contributed by atoms with van der Waals surface area (Å²) in [4.78, 5) is 4.24. The van der Waals surface area contributed by atoms with Crippen molar-refractivity contribution < 1.29 is 0 Å². The van der Waals surface area contributed by atoms with Gasteiger partial charge in [-0.15, -0.1) is 0 Å². The highest BCUT2D eigenvalue weighted by Crippen LogP contribution is 2.14. The van der Waals surface area contributed by atoms with Crippen LogP contribution in [0.4, 0.5) is 5.82 Å². The van der Waals surface area contributed by atoms with Crippen LogP contribution < -0.4 is 5.32 Å². The molecule has 3 heteroatoms. The molecule has 1 aromatic rings. The molecule has 0 radical (unpaired) electrons. The Hall–Kier alpha value is -0.700. The molecule has 0 bridgehead atoms. The Morgan fingerprint density at radius 1 is 1.43 bits per heavy atom. The standard InChI is InChI=1S/C11H18N2S/c1-3-7-14-9-10-5-6-13-11(8-10)12-4-2/h5-6,8H,3-4,7,9H2,1-2H3,(H,12,13). The number of nitrogens with zero attached hydrogens (tertiary/aromatic N) is 1. The Kier molecular flexibility index (Phi) is 5.45. The van der Waals surface area contributed by atoms with Gasteiger partial charge in [0.05, 0.1) is 0 Å². The second kappa shape index (κ2) is 6.71. The third-order valence-corrected chi connectivity index (χ3v) is 3.03. The SMILES string of the molecule is CCCSCc1ccnc(NCC)c1. The van der Waals surface area contributed by atoms with Crippen LogP contribution in [0.25, 0.3) is 0 Å². The van der Waals surface area contributed by atoms with Crippen LogP contribution in [-0.2, 0) is 5.75 Å². The summed E-state index contributed by atoms with van der Waals surface area (Å²) in [7, 11) is 0. The number of hydrogen-bond acceptors (Lipinski definition) is 3. The second-order valence-electron chi connectivity index (χ2n) is 3.13. The molecule has 1 rings (SSSR count). The highest BCUT2D eigenvalue weighted by molar-refractivity contribution is 7.98. The summed E-state index contributed by atoms with van der Waals surface area (Å²) < 4.78 is 0. The first-order chi connectivity index (χ1) is 6.86. The number of nitrogens with one attached hydrogen (secondary N) is 1. The van der Waals surface area contributed by atoms with Crippen LogP contribution in [0, 0.1) is 0 Å². The van der Waals surface area contributed by atoms with Gasteiger partial charge < -0.3 is 5.32 Å². The van der Waals surface area contributed by atoms with Crippen molar-refractivity contribution in [2.45, 2.75) is 26.0 Å². The van der Waals surface area contributed by atoms with Gasteiger partial charge in [0.2, 0.25) is 0 Å². The first-order valence-corrected chi connectivity index (χ1v) is 6.28. The van der Waals surface area contributed by atoms with E-state index in [1.54, 1.807) is 0 Å². The lowest BCUT2D eigenvalue weighted by Gasteiger charge is -2.04. The van der Waals surface area contributed by atoms with Crippen molar-refractivity contribution in [3.8, 4) is 0 Å². The maximum Gasteiger partial charge on any atom is 0.126 e. The maximum atomic E-state index is 4.24. The molecule has 0 saturated heterocycles. The molecule has 1 heterocycles. The summed E-state index contributed by atoms with van der Waals surface area (Å²) in [6.45, 7) is 5.22. The fraction of sp³-hybridized carbons (Fsp3) is 0.545. The average molecular weight is 210 g/mol. The number of thioether (sulfide) groups is 1. The lowest BCUT2D eigenvalue weighted by Crippen LogP contribution is -1.99. The van der Waals surface area contributed by atoms with Crippen molar-refractivity contribution in [3.63, 3.8) is 0 Å². The van der Waals surface area contributed by atoms with Gasteiger partial charge in [-0.3, -0.25) is 0 Å². The zero-order valence-electron chi connectivity index (χ0n) is 8.92. The molecule has 0 aromatic carbocycles. The topological polar surface area (TPSA) is 24.9 Å². The van der Waals surface area contributed by atoms with Crippen LogP contribution >= 0.6 is 11.8 Å². The summed E-state index contributed by atoms with van der Waals surface area (Å²) in [5, 5.41) is 3.22. The molecule has 0 fully saturated rings. The van der Waals surface area contributed by atoms with E-state index >= 15 is 0 Å². The molecule has 0 atom stereocenters.